The molecule has 0 aliphatic carbocycles. The van der Waals surface area contributed by atoms with Gasteiger partial charge in [-0.1, -0.05) is 13.3 Å². The lowest BCUT2D eigenvalue weighted by Crippen LogP contribution is -2.24. The number of fused-ring (bicyclic) bond motifs is 1. The maximum Gasteiger partial charge on any atom is 0.240 e. The van der Waals surface area contributed by atoms with Crippen LogP contribution in [0.1, 0.15) is 35.9 Å². The number of rotatable bonds is 6. The highest BCUT2D eigenvalue weighted by Crippen LogP contribution is 2.27. The Morgan fingerprint density at radius 3 is 2.71 bits per heavy atom. The zero-order valence-corrected chi connectivity index (χ0v) is 12.6. The summed E-state index contributed by atoms with van der Waals surface area (Å²) in [5, 5.41) is 11.4. The number of furan rings is 1. The number of carboxylic acid groups (broad SMARTS) is 1. The number of hydrogen-bond donors (Lipinski definition) is 1. The molecule has 0 aliphatic rings. The van der Waals surface area contributed by atoms with Gasteiger partial charge in [0.05, 0.1) is 4.90 Å². The first-order chi connectivity index (χ1) is 9.86. The Morgan fingerprint density at radius 2 is 2.10 bits per heavy atom. The van der Waals surface area contributed by atoms with E-state index in [-0.39, 0.29) is 10.7 Å². The molecule has 1 aromatic heterocycles. The summed E-state index contributed by atoms with van der Waals surface area (Å²) in [6, 6.07) is 4.25. The van der Waals surface area contributed by atoms with E-state index < -0.39 is 16.0 Å². The van der Waals surface area contributed by atoms with Crippen molar-refractivity contribution in [2.75, 3.05) is 6.54 Å². The van der Waals surface area contributed by atoms with Crippen LogP contribution in [0.25, 0.3) is 11.0 Å². The Bertz CT molecular complexity index is 776. The molecule has 0 saturated carbocycles. The highest BCUT2D eigenvalue weighted by Gasteiger charge is 2.17. The number of aryl methyl sites for hydroxylation is 1. The third-order valence-corrected chi connectivity index (χ3v) is 4.68. The summed E-state index contributed by atoms with van der Waals surface area (Å²) in [5.41, 5.74) is 0.676. The SMILES string of the molecule is CCCCNS(=O)(=O)c1ccc2oc(C(=O)[O-])c(C)c2c1. The first kappa shape index (κ1) is 15.5. The molecule has 0 fully saturated rings. The summed E-state index contributed by atoms with van der Waals surface area (Å²) in [6.07, 6.45) is 1.64. The molecule has 0 radical (unpaired) electrons. The Kier molecular flexibility index (Phi) is 4.34. The van der Waals surface area contributed by atoms with Gasteiger partial charge < -0.3 is 14.3 Å². The Morgan fingerprint density at radius 1 is 1.38 bits per heavy atom. The van der Waals surface area contributed by atoms with Crippen molar-refractivity contribution in [3.63, 3.8) is 0 Å². The van der Waals surface area contributed by atoms with Crippen LogP contribution in [0.3, 0.4) is 0 Å². The first-order valence-electron chi connectivity index (χ1n) is 6.61. The molecule has 0 spiro atoms. The van der Waals surface area contributed by atoms with E-state index in [2.05, 4.69) is 4.72 Å². The summed E-state index contributed by atoms with van der Waals surface area (Å²) >= 11 is 0. The Labute approximate surface area is 122 Å². The molecular weight excluding hydrogens is 294 g/mol. The first-order valence-corrected chi connectivity index (χ1v) is 8.09. The maximum absolute atomic E-state index is 12.1. The van der Waals surface area contributed by atoms with Gasteiger partial charge in [0.2, 0.25) is 10.0 Å². The quantitative estimate of drug-likeness (QED) is 0.808. The molecule has 21 heavy (non-hydrogen) atoms. The van der Waals surface area contributed by atoms with Crippen molar-refractivity contribution in [3.8, 4) is 0 Å². The van der Waals surface area contributed by atoms with Gasteiger partial charge in [0.25, 0.3) is 0 Å². The lowest BCUT2D eigenvalue weighted by molar-refractivity contribution is -0.257. The van der Waals surface area contributed by atoms with Crippen LogP contribution >= 0.6 is 0 Å². The van der Waals surface area contributed by atoms with Gasteiger partial charge in [-0.3, -0.25) is 0 Å². The largest absolute Gasteiger partial charge is 0.542 e. The predicted octanol–water partition coefficient (Wildman–Crippen LogP) is 1.18. The van der Waals surface area contributed by atoms with Crippen LogP contribution in [0.4, 0.5) is 0 Å². The number of carbonyl (C=O) groups is 1. The van der Waals surface area contributed by atoms with E-state index in [0.717, 1.165) is 12.8 Å². The number of carboxylic acids is 1. The molecule has 0 amide bonds. The molecule has 0 bridgehead atoms. The zero-order valence-electron chi connectivity index (χ0n) is 11.8. The summed E-state index contributed by atoms with van der Waals surface area (Å²) in [5.74, 6) is -1.70. The van der Waals surface area contributed by atoms with Crippen LogP contribution in [0.15, 0.2) is 27.5 Å². The summed E-state index contributed by atoms with van der Waals surface area (Å²) in [6.45, 7) is 3.89. The van der Waals surface area contributed by atoms with Gasteiger partial charge in [-0.05, 0) is 31.5 Å². The zero-order chi connectivity index (χ0) is 15.6. The predicted molar refractivity (Wildman–Crippen MR) is 75.4 cm³/mol. The molecule has 1 N–H and O–H groups in total. The number of sulfonamides is 1. The van der Waals surface area contributed by atoms with Gasteiger partial charge in [-0.2, -0.15) is 0 Å². The van der Waals surface area contributed by atoms with E-state index in [9.17, 15) is 18.3 Å². The Hall–Kier alpha value is -1.86. The standard InChI is InChI=1S/C14H17NO5S/c1-3-4-7-15-21(18,19)10-5-6-12-11(8-10)9(2)13(20-12)14(16)17/h5-6,8,15H,3-4,7H2,1-2H3,(H,16,17)/p-1. The van der Waals surface area contributed by atoms with Crippen molar-refractivity contribution in [2.24, 2.45) is 0 Å². The van der Waals surface area contributed by atoms with Crippen molar-refractivity contribution in [2.45, 2.75) is 31.6 Å². The third-order valence-electron chi connectivity index (χ3n) is 3.23. The molecule has 2 rings (SSSR count). The molecule has 0 atom stereocenters. The van der Waals surface area contributed by atoms with E-state index in [1.54, 1.807) is 6.92 Å². The smallest absolute Gasteiger partial charge is 0.240 e. The lowest BCUT2D eigenvalue weighted by atomic mass is 10.1. The monoisotopic (exact) mass is 310 g/mol. The second-order valence-corrected chi connectivity index (χ2v) is 6.52. The molecule has 6 nitrogen and oxygen atoms in total. The third kappa shape index (κ3) is 3.08. The summed E-state index contributed by atoms with van der Waals surface area (Å²) in [4.78, 5) is 11.0. The molecule has 114 valence electrons. The van der Waals surface area contributed by atoms with Crippen molar-refractivity contribution in [1.82, 2.24) is 4.72 Å². The van der Waals surface area contributed by atoms with Crippen molar-refractivity contribution >= 4 is 27.0 Å². The van der Waals surface area contributed by atoms with Crippen molar-refractivity contribution in [3.05, 3.63) is 29.5 Å². The normalized spacial score (nSPS) is 11.9. The van der Waals surface area contributed by atoms with Crippen LogP contribution < -0.4 is 9.83 Å². The van der Waals surface area contributed by atoms with Gasteiger partial charge in [0.1, 0.15) is 11.6 Å². The number of nitrogens with one attached hydrogen (secondary N) is 1. The van der Waals surface area contributed by atoms with E-state index in [1.807, 2.05) is 6.92 Å². The molecule has 7 heteroatoms. The van der Waals surface area contributed by atoms with Gasteiger partial charge in [0, 0.05) is 17.5 Å². The number of aromatic carboxylic acids is 1. The van der Waals surface area contributed by atoms with Crippen LogP contribution in [-0.2, 0) is 10.0 Å². The topological polar surface area (TPSA) is 99.4 Å². The van der Waals surface area contributed by atoms with Crippen LogP contribution in [-0.4, -0.2) is 20.9 Å². The summed E-state index contributed by atoms with van der Waals surface area (Å²) in [7, 11) is -3.61. The minimum absolute atomic E-state index is 0.0832. The number of hydrogen-bond acceptors (Lipinski definition) is 5. The van der Waals surface area contributed by atoms with E-state index in [0.29, 0.717) is 23.1 Å². The number of benzene rings is 1. The molecule has 0 aliphatic heterocycles. The maximum atomic E-state index is 12.1. The second-order valence-electron chi connectivity index (χ2n) is 4.75. The minimum Gasteiger partial charge on any atom is -0.542 e. The van der Waals surface area contributed by atoms with E-state index in [4.69, 9.17) is 4.42 Å². The van der Waals surface area contributed by atoms with Crippen LogP contribution in [0.2, 0.25) is 0 Å². The fourth-order valence-corrected chi connectivity index (χ4v) is 3.13. The number of carbonyl (C=O) groups excluding carboxylic acids is 1. The molecule has 0 saturated heterocycles. The van der Waals surface area contributed by atoms with Gasteiger partial charge in [-0.25, -0.2) is 13.1 Å². The fraction of sp³-hybridized carbons (Fsp3) is 0.357. The fourth-order valence-electron chi connectivity index (χ4n) is 2.03. The van der Waals surface area contributed by atoms with Gasteiger partial charge in [-0.15, -0.1) is 0 Å². The van der Waals surface area contributed by atoms with E-state index in [1.165, 1.54) is 18.2 Å². The lowest BCUT2D eigenvalue weighted by Gasteiger charge is -2.06. The average molecular weight is 310 g/mol. The molecule has 2 aromatic rings. The van der Waals surface area contributed by atoms with Crippen LogP contribution in [0, 0.1) is 6.92 Å². The summed E-state index contributed by atoms with van der Waals surface area (Å²) < 4.78 is 31.9. The van der Waals surface area contributed by atoms with Crippen molar-refractivity contribution in [1.29, 1.82) is 0 Å². The number of unbranched alkanes of at least 4 members (excludes halogenated alkanes) is 1. The van der Waals surface area contributed by atoms with E-state index >= 15 is 0 Å². The van der Waals surface area contributed by atoms with Crippen molar-refractivity contribution < 1.29 is 22.7 Å². The minimum atomic E-state index is -3.61. The van der Waals surface area contributed by atoms with Gasteiger partial charge in [0.15, 0.2) is 5.76 Å². The molecule has 1 aromatic carbocycles. The molecular formula is C14H16NO5S-. The van der Waals surface area contributed by atoms with Gasteiger partial charge >= 0.3 is 0 Å². The Balaban J connectivity index is 2.43. The highest BCUT2D eigenvalue weighted by atomic mass is 32.2. The van der Waals surface area contributed by atoms with Crippen LogP contribution in [0.5, 0.6) is 0 Å². The molecule has 0 unspecified atom stereocenters. The highest BCUT2D eigenvalue weighted by molar-refractivity contribution is 7.89. The molecule has 1 heterocycles. The average Bonchev–Trinajstić information content (AvgIpc) is 2.76. The second kappa shape index (κ2) is 5.87.